The van der Waals surface area contributed by atoms with Gasteiger partial charge in [-0.3, -0.25) is 0 Å². The zero-order valence-corrected chi connectivity index (χ0v) is 12.7. The van der Waals surface area contributed by atoms with Gasteiger partial charge in [-0.15, -0.1) is 0 Å². The highest BCUT2D eigenvalue weighted by molar-refractivity contribution is 4.87. The van der Waals surface area contributed by atoms with E-state index in [-0.39, 0.29) is 5.54 Å². The van der Waals surface area contributed by atoms with Gasteiger partial charge in [-0.1, -0.05) is 0 Å². The lowest BCUT2D eigenvalue weighted by atomic mass is 10.0. The standard InChI is InChI=1S/C15H31N3/c1-13(2)18-9-6-14(11-18)10-17-8-5-7-16-15(3,4)12-17/h13-14,16H,5-12H2,1-4H3. The Balaban J connectivity index is 1.82. The van der Waals surface area contributed by atoms with Gasteiger partial charge >= 0.3 is 0 Å². The average Bonchev–Trinajstić information content (AvgIpc) is 2.65. The summed E-state index contributed by atoms with van der Waals surface area (Å²) in [5.41, 5.74) is 0.285. The van der Waals surface area contributed by atoms with Crippen LogP contribution in [0.3, 0.4) is 0 Å². The average molecular weight is 253 g/mol. The van der Waals surface area contributed by atoms with Gasteiger partial charge in [0, 0.05) is 31.2 Å². The van der Waals surface area contributed by atoms with Gasteiger partial charge in [-0.25, -0.2) is 0 Å². The second-order valence-electron chi connectivity index (χ2n) is 7.14. The molecule has 0 amide bonds. The van der Waals surface area contributed by atoms with Crippen LogP contribution in [0.15, 0.2) is 0 Å². The van der Waals surface area contributed by atoms with Gasteiger partial charge in [0.1, 0.15) is 0 Å². The van der Waals surface area contributed by atoms with Crippen molar-refractivity contribution in [2.24, 2.45) is 5.92 Å². The van der Waals surface area contributed by atoms with Gasteiger partial charge in [0.05, 0.1) is 0 Å². The molecular weight excluding hydrogens is 222 g/mol. The minimum atomic E-state index is 0.285. The summed E-state index contributed by atoms with van der Waals surface area (Å²) in [6, 6.07) is 0.720. The van der Waals surface area contributed by atoms with E-state index in [1.807, 2.05) is 0 Å². The lowest BCUT2D eigenvalue weighted by Crippen LogP contribution is -2.47. The van der Waals surface area contributed by atoms with Gasteiger partial charge in [-0.2, -0.15) is 0 Å². The van der Waals surface area contributed by atoms with E-state index < -0.39 is 0 Å². The van der Waals surface area contributed by atoms with Crippen molar-refractivity contribution in [3.63, 3.8) is 0 Å². The van der Waals surface area contributed by atoms with E-state index in [2.05, 4.69) is 42.8 Å². The van der Waals surface area contributed by atoms with Crippen molar-refractivity contribution in [3.8, 4) is 0 Å². The fraction of sp³-hybridized carbons (Fsp3) is 1.00. The molecule has 1 unspecified atom stereocenters. The SMILES string of the molecule is CC(C)N1CCC(CN2CCCNC(C)(C)C2)C1. The molecule has 2 fully saturated rings. The third kappa shape index (κ3) is 3.94. The van der Waals surface area contributed by atoms with Crippen LogP contribution in [0.1, 0.15) is 40.5 Å². The van der Waals surface area contributed by atoms with Crippen molar-refractivity contribution in [2.45, 2.75) is 52.1 Å². The molecule has 3 heteroatoms. The number of hydrogen-bond acceptors (Lipinski definition) is 3. The molecular formula is C15H31N3. The fourth-order valence-electron chi connectivity index (χ4n) is 3.43. The first-order valence-corrected chi connectivity index (χ1v) is 7.68. The van der Waals surface area contributed by atoms with Crippen LogP contribution >= 0.6 is 0 Å². The van der Waals surface area contributed by atoms with Crippen LogP contribution in [0.2, 0.25) is 0 Å². The van der Waals surface area contributed by atoms with E-state index in [0.717, 1.165) is 12.0 Å². The van der Waals surface area contributed by atoms with Crippen LogP contribution in [0, 0.1) is 5.92 Å². The Morgan fingerprint density at radius 1 is 1.28 bits per heavy atom. The minimum Gasteiger partial charge on any atom is -0.310 e. The maximum absolute atomic E-state index is 3.65. The molecule has 2 aliphatic heterocycles. The van der Waals surface area contributed by atoms with Crippen LogP contribution in [-0.2, 0) is 0 Å². The lowest BCUT2D eigenvalue weighted by Gasteiger charge is -2.31. The first-order chi connectivity index (χ1) is 8.46. The topological polar surface area (TPSA) is 18.5 Å². The van der Waals surface area contributed by atoms with Crippen molar-refractivity contribution in [1.29, 1.82) is 0 Å². The predicted molar refractivity (Wildman–Crippen MR) is 78.0 cm³/mol. The molecule has 18 heavy (non-hydrogen) atoms. The third-order valence-corrected chi connectivity index (χ3v) is 4.44. The van der Waals surface area contributed by atoms with Gasteiger partial charge in [-0.05, 0) is 66.1 Å². The number of likely N-dealkylation sites (tertiary alicyclic amines) is 1. The molecule has 1 N–H and O–H groups in total. The third-order valence-electron chi connectivity index (χ3n) is 4.44. The molecule has 0 bridgehead atoms. The molecule has 0 radical (unpaired) electrons. The number of hydrogen-bond donors (Lipinski definition) is 1. The molecule has 2 heterocycles. The van der Waals surface area contributed by atoms with E-state index in [9.17, 15) is 0 Å². The number of nitrogens with one attached hydrogen (secondary N) is 1. The summed E-state index contributed by atoms with van der Waals surface area (Å²) in [6.07, 6.45) is 2.69. The molecule has 0 aliphatic carbocycles. The van der Waals surface area contributed by atoms with E-state index in [1.165, 1.54) is 52.1 Å². The second-order valence-corrected chi connectivity index (χ2v) is 7.14. The fourth-order valence-corrected chi connectivity index (χ4v) is 3.43. The van der Waals surface area contributed by atoms with Crippen molar-refractivity contribution in [2.75, 3.05) is 39.3 Å². The smallest absolute Gasteiger partial charge is 0.0252 e. The molecule has 2 saturated heterocycles. The molecule has 106 valence electrons. The summed E-state index contributed by atoms with van der Waals surface area (Å²) in [5.74, 6) is 0.890. The van der Waals surface area contributed by atoms with Crippen molar-refractivity contribution < 1.29 is 0 Å². The zero-order chi connectivity index (χ0) is 13.2. The Kier molecular flexibility index (Phi) is 4.68. The number of nitrogens with zero attached hydrogens (tertiary/aromatic N) is 2. The molecule has 2 aliphatic rings. The van der Waals surface area contributed by atoms with Gasteiger partial charge in [0.2, 0.25) is 0 Å². The second kappa shape index (κ2) is 5.89. The maximum atomic E-state index is 3.65. The van der Waals surface area contributed by atoms with Crippen molar-refractivity contribution in [1.82, 2.24) is 15.1 Å². The van der Waals surface area contributed by atoms with Gasteiger partial charge in [0.25, 0.3) is 0 Å². The largest absolute Gasteiger partial charge is 0.310 e. The van der Waals surface area contributed by atoms with Crippen LogP contribution in [0.4, 0.5) is 0 Å². The molecule has 1 atom stereocenters. The monoisotopic (exact) mass is 253 g/mol. The highest BCUT2D eigenvalue weighted by Gasteiger charge is 2.29. The molecule has 0 saturated carbocycles. The van der Waals surface area contributed by atoms with Crippen molar-refractivity contribution in [3.05, 3.63) is 0 Å². The molecule has 0 spiro atoms. The summed E-state index contributed by atoms with van der Waals surface area (Å²) < 4.78 is 0. The normalized spacial score (nSPS) is 30.8. The van der Waals surface area contributed by atoms with Crippen LogP contribution in [-0.4, -0.2) is 60.6 Å². The predicted octanol–water partition coefficient (Wildman–Crippen LogP) is 1.79. The first kappa shape index (κ1) is 14.3. The first-order valence-electron chi connectivity index (χ1n) is 7.68. The lowest BCUT2D eigenvalue weighted by molar-refractivity contribution is 0.192. The Morgan fingerprint density at radius 3 is 2.72 bits per heavy atom. The van der Waals surface area contributed by atoms with E-state index in [0.29, 0.717) is 0 Å². The molecule has 0 aromatic heterocycles. The van der Waals surface area contributed by atoms with Crippen LogP contribution in [0.5, 0.6) is 0 Å². The summed E-state index contributed by atoms with van der Waals surface area (Å²) >= 11 is 0. The molecule has 0 aromatic carbocycles. The number of rotatable bonds is 3. The molecule has 2 rings (SSSR count). The van der Waals surface area contributed by atoms with Gasteiger partial charge in [0.15, 0.2) is 0 Å². The summed E-state index contributed by atoms with van der Waals surface area (Å²) in [5, 5.41) is 3.65. The Bertz CT molecular complexity index is 262. The van der Waals surface area contributed by atoms with E-state index in [1.54, 1.807) is 0 Å². The summed E-state index contributed by atoms with van der Waals surface area (Å²) in [7, 11) is 0. The van der Waals surface area contributed by atoms with Crippen LogP contribution < -0.4 is 5.32 Å². The Morgan fingerprint density at radius 2 is 2.06 bits per heavy atom. The molecule has 0 aromatic rings. The highest BCUT2D eigenvalue weighted by atomic mass is 15.2. The van der Waals surface area contributed by atoms with Crippen molar-refractivity contribution >= 4 is 0 Å². The Labute approximate surface area is 113 Å². The van der Waals surface area contributed by atoms with E-state index >= 15 is 0 Å². The summed E-state index contributed by atoms with van der Waals surface area (Å²) in [6.45, 7) is 16.9. The highest BCUT2D eigenvalue weighted by Crippen LogP contribution is 2.21. The molecule has 3 nitrogen and oxygen atoms in total. The zero-order valence-electron chi connectivity index (χ0n) is 12.7. The summed E-state index contributed by atoms with van der Waals surface area (Å²) in [4.78, 5) is 5.32. The van der Waals surface area contributed by atoms with Gasteiger partial charge < -0.3 is 15.1 Å². The minimum absolute atomic E-state index is 0.285. The van der Waals surface area contributed by atoms with Crippen LogP contribution in [0.25, 0.3) is 0 Å². The quantitative estimate of drug-likeness (QED) is 0.827. The van der Waals surface area contributed by atoms with E-state index in [4.69, 9.17) is 0 Å². The maximum Gasteiger partial charge on any atom is 0.0252 e. The Hall–Kier alpha value is -0.120.